The molecule has 2 N–H and O–H groups in total. The second-order valence-corrected chi connectivity index (χ2v) is 3.70. The number of benzene rings is 1. The molecule has 1 amide bonds. The topological polar surface area (TPSA) is 41.1 Å². The molecule has 0 saturated carbocycles. The van der Waals surface area contributed by atoms with Crippen LogP contribution in [0, 0.1) is 0 Å². The van der Waals surface area contributed by atoms with Crippen LogP contribution < -0.4 is 10.6 Å². The zero-order valence-electron chi connectivity index (χ0n) is 9.13. The van der Waals surface area contributed by atoms with Gasteiger partial charge in [-0.3, -0.25) is 4.79 Å². The second kappa shape index (κ2) is 8.39. The van der Waals surface area contributed by atoms with E-state index in [1.807, 2.05) is 19.2 Å². The lowest BCUT2D eigenvalue weighted by molar-refractivity contribution is -0.120. The molecule has 0 aliphatic heterocycles. The Bertz CT molecular complexity index is 332. The number of carbonyl (C=O) groups is 1. The molecule has 3 nitrogen and oxygen atoms in total. The van der Waals surface area contributed by atoms with Crippen molar-refractivity contribution in [2.75, 3.05) is 20.1 Å². The Morgan fingerprint density at radius 3 is 2.75 bits per heavy atom. The van der Waals surface area contributed by atoms with Crippen LogP contribution in [0.25, 0.3) is 0 Å². The molecule has 0 fully saturated rings. The van der Waals surface area contributed by atoms with Crippen molar-refractivity contribution in [1.29, 1.82) is 0 Å². The van der Waals surface area contributed by atoms with E-state index < -0.39 is 0 Å². The van der Waals surface area contributed by atoms with Gasteiger partial charge in [0.15, 0.2) is 0 Å². The third kappa shape index (κ3) is 5.95. The van der Waals surface area contributed by atoms with Gasteiger partial charge >= 0.3 is 0 Å². The summed E-state index contributed by atoms with van der Waals surface area (Å²) in [6.07, 6.45) is 0.379. The summed E-state index contributed by atoms with van der Waals surface area (Å²) in [7, 11) is 1.85. The van der Waals surface area contributed by atoms with E-state index in [-0.39, 0.29) is 18.3 Å². The first-order valence-electron chi connectivity index (χ1n) is 4.88. The second-order valence-electron chi connectivity index (χ2n) is 3.26. The van der Waals surface area contributed by atoms with Crippen LogP contribution >= 0.6 is 24.0 Å². The van der Waals surface area contributed by atoms with E-state index in [1.165, 1.54) is 0 Å². The Morgan fingerprint density at radius 2 is 2.12 bits per heavy atom. The minimum Gasteiger partial charge on any atom is -0.355 e. The van der Waals surface area contributed by atoms with Crippen LogP contribution in [-0.4, -0.2) is 26.0 Å². The Balaban J connectivity index is 0.00000225. The minimum atomic E-state index is 0. The molecule has 0 radical (unpaired) electrons. The summed E-state index contributed by atoms with van der Waals surface area (Å²) in [6.45, 7) is 1.43. The Morgan fingerprint density at radius 1 is 1.38 bits per heavy atom. The van der Waals surface area contributed by atoms with Gasteiger partial charge in [-0.05, 0) is 24.7 Å². The molecule has 1 rings (SSSR count). The van der Waals surface area contributed by atoms with E-state index in [4.69, 9.17) is 11.6 Å². The first kappa shape index (κ1) is 15.2. The first-order chi connectivity index (χ1) is 7.22. The van der Waals surface area contributed by atoms with Gasteiger partial charge in [0.2, 0.25) is 5.91 Å². The van der Waals surface area contributed by atoms with Crippen molar-refractivity contribution in [2.24, 2.45) is 0 Å². The van der Waals surface area contributed by atoms with Crippen LogP contribution in [0.3, 0.4) is 0 Å². The number of hydrogen-bond donors (Lipinski definition) is 2. The van der Waals surface area contributed by atoms with Crippen molar-refractivity contribution in [3.63, 3.8) is 0 Å². The largest absolute Gasteiger partial charge is 0.355 e. The Labute approximate surface area is 107 Å². The lowest BCUT2D eigenvalue weighted by Gasteiger charge is -2.04. The molecule has 1 aromatic rings. The number of hydrogen-bond acceptors (Lipinski definition) is 2. The summed E-state index contributed by atoms with van der Waals surface area (Å²) in [4.78, 5) is 11.4. The van der Waals surface area contributed by atoms with E-state index in [0.717, 1.165) is 12.1 Å². The van der Waals surface area contributed by atoms with E-state index in [2.05, 4.69) is 10.6 Å². The third-order valence-electron chi connectivity index (χ3n) is 1.95. The SMILES string of the molecule is CNCCNC(=O)Cc1cccc(Cl)c1.Cl. The molecule has 0 aliphatic carbocycles. The maximum absolute atomic E-state index is 11.4. The van der Waals surface area contributed by atoms with Gasteiger partial charge in [-0.25, -0.2) is 0 Å². The molecular formula is C11H16Cl2N2O. The standard InChI is InChI=1S/C11H15ClN2O.ClH/c1-13-5-6-14-11(15)8-9-3-2-4-10(12)7-9;/h2-4,7,13H,5-6,8H2,1H3,(H,14,15);1H. The third-order valence-corrected chi connectivity index (χ3v) is 2.19. The summed E-state index contributed by atoms with van der Waals surface area (Å²) in [6, 6.07) is 7.34. The highest BCUT2D eigenvalue weighted by Gasteiger charge is 2.02. The molecule has 0 unspecified atom stereocenters. The van der Waals surface area contributed by atoms with Gasteiger partial charge in [-0.2, -0.15) is 0 Å². The van der Waals surface area contributed by atoms with Gasteiger partial charge in [0.05, 0.1) is 6.42 Å². The fourth-order valence-electron chi connectivity index (χ4n) is 1.22. The molecule has 0 saturated heterocycles. The minimum absolute atomic E-state index is 0. The predicted octanol–water partition coefficient (Wildman–Crippen LogP) is 1.64. The average Bonchev–Trinajstić information content (AvgIpc) is 2.18. The molecule has 90 valence electrons. The smallest absolute Gasteiger partial charge is 0.224 e. The summed E-state index contributed by atoms with van der Waals surface area (Å²) in [5.41, 5.74) is 0.935. The molecule has 5 heteroatoms. The van der Waals surface area contributed by atoms with E-state index in [1.54, 1.807) is 12.1 Å². The predicted molar refractivity (Wildman–Crippen MR) is 69.3 cm³/mol. The van der Waals surface area contributed by atoms with E-state index >= 15 is 0 Å². The summed E-state index contributed by atoms with van der Waals surface area (Å²) in [5, 5.41) is 6.43. The number of halogens is 2. The molecule has 16 heavy (non-hydrogen) atoms. The van der Waals surface area contributed by atoms with Crippen LogP contribution in [0.5, 0.6) is 0 Å². The van der Waals surface area contributed by atoms with Crippen LogP contribution in [-0.2, 0) is 11.2 Å². The number of carbonyl (C=O) groups excluding carboxylic acids is 1. The van der Waals surface area contributed by atoms with Crippen molar-refractivity contribution >= 4 is 29.9 Å². The highest BCUT2D eigenvalue weighted by molar-refractivity contribution is 6.30. The van der Waals surface area contributed by atoms with Crippen molar-refractivity contribution in [3.8, 4) is 0 Å². The Kier molecular flexibility index (Phi) is 7.99. The Hall–Kier alpha value is -0.770. The molecule has 0 aliphatic rings. The maximum atomic E-state index is 11.4. The summed E-state index contributed by atoms with van der Waals surface area (Å²) in [5.74, 6) is 0.0208. The average molecular weight is 263 g/mol. The van der Waals surface area contributed by atoms with Crippen LogP contribution in [0.4, 0.5) is 0 Å². The highest BCUT2D eigenvalue weighted by atomic mass is 35.5. The van der Waals surface area contributed by atoms with E-state index in [0.29, 0.717) is 18.0 Å². The monoisotopic (exact) mass is 262 g/mol. The number of rotatable bonds is 5. The van der Waals surface area contributed by atoms with Crippen LogP contribution in [0.1, 0.15) is 5.56 Å². The quantitative estimate of drug-likeness (QED) is 0.793. The van der Waals surface area contributed by atoms with Gasteiger partial charge in [-0.1, -0.05) is 23.7 Å². The van der Waals surface area contributed by atoms with Crippen molar-refractivity contribution < 1.29 is 4.79 Å². The molecule has 0 heterocycles. The number of likely N-dealkylation sites (N-methyl/N-ethyl adjacent to an activating group) is 1. The maximum Gasteiger partial charge on any atom is 0.224 e. The van der Waals surface area contributed by atoms with Gasteiger partial charge in [-0.15, -0.1) is 12.4 Å². The van der Waals surface area contributed by atoms with Gasteiger partial charge in [0.1, 0.15) is 0 Å². The molecular weight excluding hydrogens is 247 g/mol. The molecule has 0 aromatic heterocycles. The fourth-order valence-corrected chi connectivity index (χ4v) is 1.43. The van der Waals surface area contributed by atoms with E-state index in [9.17, 15) is 4.79 Å². The van der Waals surface area contributed by atoms with Crippen LogP contribution in [0.2, 0.25) is 5.02 Å². The summed E-state index contributed by atoms with van der Waals surface area (Å²) >= 11 is 5.81. The van der Waals surface area contributed by atoms with Gasteiger partial charge < -0.3 is 10.6 Å². The van der Waals surface area contributed by atoms with Crippen molar-refractivity contribution in [3.05, 3.63) is 34.9 Å². The number of nitrogens with one attached hydrogen (secondary N) is 2. The molecule has 0 atom stereocenters. The summed E-state index contributed by atoms with van der Waals surface area (Å²) < 4.78 is 0. The lowest BCUT2D eigenvalue weighted by Crippen LogP contribution is -2.31. The normalized spacial score (nSPS) is 9.38. The highest BCUT2D eigenvalue weighted by Crippen LogP contribution is 2.10. The first-order valence-corrected chi connectivity index (χ1v) is 5.26. The van der Waals surface area contributed by atoms with Crippen molar-refractivity contribution in [2.45, 2.75) is 6.42 Å². The van der Waals surface area contributed by atoms with Gasteiger partial charge in [0.25, 0.3) is 0 Å². The lowest BCUT2D eigenvalue weighted by atomic mass is 10.1. The number of amides is 1. The molecule has 0 bridgehead atoms. The fraction of sp³-hybridized carbons (Fsp3) is 0.364. The van der Waals surface area contributed by atoms with Crippen LogP contribution in [0.15, 0.2) is 24.3 Å². The zero-order valence-corrected chi connectivity index (χ0v) is 10.7. The molecule has 0 spiro atoms. The zero-order chi connectivity index (χ0) is 11.1. The van der Waals surface area contributed by atoms with Crippen molar-refractivity contribution in [1.82, 2.24) is 10.6 Å². The van der Waals surface area contributed by atoms with Gasteiger partial charge in [0, 0.05) is 18.1 Å². The molecule has 1 aromatic carbocycles.